The SMILES string of the molecule is CCC(=O)NCCC1=c2c(O)c3c(c(O)c2N=C1)=NC=CS3(=O)=O.CS(C)=O. The van der Waals surface area contributed by atoms with E-state index in [0.717, 1.165) is 11.6 Å². The Labute approximate surface area is 164 Å². The molecular weight excluding hydrogens is 406 g/mol. The Balaban J connectivity index is 0.000000640. The van der Waals surface area contributed by atoms with Gasteiger partial charge in [-0.1, -0.05) is 6.92 Å². The highest BCUT2D eigenvalue weighted by atomic mass is 32.2. The van der Waals surface area contributed by atoms with Crippen LogP contribution in [-0.4, -0.2) is 54.0 Å². The summed E-state index contributed by atoms with van der Waals surface area (Å²) in [5.41, 5.74) is 0.610. The van der Waals surface area contributed by atoms with E-state index in [-0.39, 0.29) is 22.2 Å². The second-order valence-corrected chi connectivity index (χ2v) is 9.29. The Bertz CT molecular complexity index is 1120. The molecule has 0 fully saturated rings. The van der Waals surface area contributed by atoms with Gasteiger partial charge in [-0.2, -0.15) is 0 Å². The van der Waals surface area contributed by atoms with E-state index >= 15 is 0 Å². The number of carbonyl (C=O) groups excluding carboxylic acids is 1. The van der Waals surface area contributed by atoms with E-state index < -0.39 is 37.0 Å². The number of phenolic OH excluding ortho intramolecular Hbond substituents is 2. The van der Waals surface area contributed by atoms with Crippen LogP contribution in [0.3, 0.4) is 0 Å². The summed E-state index contributed by atoms with van der Waals surface area (Å²) >= 11 is 0. The van der Waals surface area contributed by atoms with Gasteiger partial charge in [0.15, 0.2) is 5.75 Å². The van der Waals surface area contributed by atoms with E-state index in [4.69, 9.17) is 0 Å². The molecule has 2 aliphatic heterocycles. The first-order chi connectivity index (χ1) is 13.1. The maximum absolute atomic E-state index is 12.2. The largest absolute Gasteiger partial charge is 0.506 e. The first-order valence-corrected chi connectivity index (χ1v) is 11.8. The number of aromatic hydroxyl groups is 2. The van der Waals surface area contributed by atoms with Gasteiger partial charge in [0.25, 0.3) is 0 Å². The van der Waals surface area contributed by atoms with E-state index in [9.17, 15) is 27.6 Å². The average Bonchev–Trinajstić information content (AvgIpc) is 3.02. The Hall–Kier alpha value is -2.53. The van der Waals surface area contributed by atoms with Gasteiger partial charge in [0.2, 0.25) is 15.7 Å². The number of amides is 1. The van der Waals surface area contributed by atoms with Gasteiger partial charge < -0.3 is 15.5 Å². The van der Waals surface area contributed by atoms with Crippen molar-refractivity contribution in [2.24, 2.45) is 9.98 Å². The number of phenols is 2. The van der Waals surface area contributed by atoms with Crippen LogP contribution in [0.2, 0.25) is 0 Å². The molecule has 3 N–H and O–H groups in total. The molecular formula is C17H21N3O6S2. The van der Waals surface area contributed by atoms with Gasteiger partial charge in [-0.25, -0.2) is 8.42 Å². The lowest BCUT2D eigenvalue weighted by Crippen LogP contribution is -2.25. The van der Waals surface area contributed by atoms with Gasteiger partial charge in [-0.15, -0.1) is 0 Å². The maximum Gasteiger partial charge on any atom is 0.219 e. The number of carbonyl (C=O) groups is 1. The van der Waals surface area contributed by atoms with Crippen LogP contribution in [0.15, 0.2) is 26.5 Å². The number of fused-ring (bicyclic) bond motifs is 2. The fourth-order valence-corrected chi connectivity index (χ4v) is 3.75. The van der Waals surface area contributed by atoms with Crippen molar-refractivity contribution in [3.05, 3.63) is 22.2 Å². The standard InChI is InChI=1S/C15H15N3O5S.C2H6OS/c1-2-9(19)16-4-3-8-7-18-11-10(8)13(20)15-12(14(11)21)17-5-6-24(15,22)23;1-4(2)3/h5-7,20-21H,2-4H2,1H3,(H,16,19);1-2H3. The van der Waals surface area contributed by atoms with E-state index in [1.165, 1.54) is 6.21 Å². The third kappa shape index (κ3) is 4.47. The zero-order valence-corrected chi connectivity index (χ0v) is 17.2. The number of benzene rings is 1. The van der Waals surface area contributed by atoms with Crippen molar-refractivity contribution in [2.45, 2.75) is 24.7 Å². The molecule has 0 aromatic heterocycles. The van der Waals surface area contributed by atoms with Gasteiger partial charge >= 0.3 is 0 Å². The molecule has 0 unspecified atom stereocenters. The molecule has 152 valence electrons. The van der Waals surface area contributed by atoms with E-state index in [0.29, 0.717) is 25.0 Å². The van der Waals surface area contributed by atoms with Gasteiger partial charge in [0.05, 0.1) is 10.6 Å². The van der Waals surface area contributed by atoms with E-state index in [1.807, 2.05) is 0 Å². The molecule has 0 bridgehead atoms. The molecule has 1 aromatic carbocycles. The van der Waals surface area contributed by atoms with Gasteiger partial charge in [0, 0.05) is 48.7 Å². The number of rotatable bonds is 4. The number of hydrogen-bond donors (Lipinski definition) is 3. The van der Waals surface area contributed by atoms with Crippen LogP contribution in [0.5, 0.6) is 11.5 Å². The molecule has 3 rings (SSSR count). The van der Waals surface area contributed by atoms with Crippen molar-refractivity contribution in [3.8, 4) is 11.5 Å². The predicted octanol–water partition coefficient (Wildman–Crippen LogP) is -0.246. The molecule has 0 atom stereocenters. The van der Waals surface area contributed by atoms with Crippen LogP contribution < -0.4 is 15.9 Å². The minimum atomic E-state index is -3.90. The number of hydrogen-bond acceptors (Lipinski definition) is 8. The Morgan fingerprint density at radius 1 is 1.25 bits per heavy atom. The molecule has 9 nitrogen and oxygen atoms in total. The highest BCUT2D eigenvalue weighted by Crippen LogP contribution is 2.32. The lowest BCUT2D eigenvalue weighted by molar-refractivity contribution is -0.120. The predicted molar refractivity (Wildman–Crippen MR) is 106 cm³/mol. The van der Waals surface area contributed by atoms with Crippen molar-refractivity contribution in [1.29, 1.82) is 0 Å². The molecule has 2 aliphatic rings. The van der Waals surface area contributed by atoms with Crippen LogP contribution in [0.4, 0.5) is 5.69 Å². The zero-order chi connectivity index (χ0) is 21.1. The van der Waals surface area contributed by atoms with Crippen molar-refractivity contribution < 1.29 is 27.6 Å². The molecule has 11 heteroatoms. The Morgan fingerprint density at radius 2 is 1.89 bits per heavy atom. The minimum absolute atomic E-state index is 0.0809. The number of sulfone groups is 1. The normalized spacial score (nSPS) is 15.4. The van der Waals surface area contributed by atoms with Crippen molar-refractivity contribution in [1.82, 2.24) is 5.32 Å². The van der Waals surface area contributed by atoms with Gasteiger partial charge in [0.1, 0.15) is 21.7 Å². The quantitative estimate of drug-likeness (QED) is 0.565. The summed E-state index contributed by atoms with van der Waals surface area (Å²) in [4.78, 5) is 18.7. The third-order valence-electron chi connectivity index (χ3n) is 3.79. The summed E-state index contributed by atoms with van der Waals surface area (Å²) in [6.07, 6.45) is 6.45. The van der Waals surface area contributed by atoms with Crippen LogP contribution in [0.1, 0.15) is 19.8 Å². The highest BCUT2D eigenvalue weighted by Gasteiger charge is 2.29. The van der Waals surface area contributed by atoms with Crippen LogP contribution in [0, 0.1) is 0 Å². The van der Waals surface area contributed by atoms with E-state index in [1.54, 1.807) is 19.4 Å². The highest BCUT2D eigenvalue weighted by molar-refractivity contribution is 7.94. The number of nitrogens with one attached hydrogen (secondary N) is 1. The molecule has 28 heavy (non-hydrogen) atoms. The first kappa shape index (κ1) is 21.8. The molecule has 0 radical (unpaired) electrons. The lowest BCUT2D eigenvalue weighted by atomic mass is 10.1. The van der Waals surface area contributed by atoms with Crippen molar-refractivity contribution in [3.63, 3.8) is 0 Å². The summed E-state index contributed by atoms with van der Waals surface area (Å²) in [7, 11) is -4.51. The monoisotopic (exact) mass is 427 g/mol. The summed E-state index contributed by atoms with van der Waals surface area (Å²) in [5, 5.41) is 24.2. The summed E-state index contributed by atoms with van der Waals surface area (Å²) in [6.45, 7) is 2.04. The minimum Gasteiger partial charge on any atom is -0.506 e. The van der Waals surface area contributed by atoms with Gasteiger partial charge in [-0.3, -0.25) is 19.0 Å². The molecule has 0 saturated carbocycles. The zero-order valence-electron chi connectivity index (χ0n) is 15.6. The van der Waals surface area contributed by atoms with Crippen molar-refractivity contribution >= 4 is 44.0 Å². The fraction of sp³-hybridized carbons (Fsp3) is 0.353. The third-order valence-corrected chi connectivity index (χ3v) is 5.22. The Kier molecular flexibility index (Phi) is 6.73. The van der Waals surface area contributed by atoms with Crippen LogP contribution in [-0.2, 0) is 25.4 Å². The summed E-state index contributed by atoms with van der Waals surface area (Å²) < 4.78 is 33.9. The topological polar surface area (TPSA) is 145 Å². The summed E-state index contributed by atoms with van der Waals surface area (Å²) in [5.74, 6) is -0.996. The van der Waals surface area contributed by atoms with E-state index in [2.05, 4.69) is 15.3 Å². The van der Waals surface area contributed by atoms with Crippen LogP contribution in [0.25, 0.3) is 5.57 Å². The first-order valence-electron chi connectivity index (χ1n) is 8.26. The fourth-order valence-electron chi connectivity index (χ4n) is 2.61. The molecule has 1 amide bonds. The molecule has 1 aromatic rings. The molecule has 0 aliphatic carbocycles. The second-order valence-electron chi connectivity index (χ2n) is 6.04. The molecule has 0 spiro atoms. The smallest absolute Gasteiger partial charge is 0.219 e. The number of nitrogens with zero attached hydrogens (tertiary/aromatic N) is 2. The lowest BCUT2D eigenvalue weighted by Gasteiger charge is -2.11. The van der Waals surface area contributed by atoms with Crippen molar-refractivity contribution in [2.75, 3.05) is 19.1 Å². The second kappa shape index (κ2) is 8.65. The van der Waals surface area contributed by atoms with Crippen LogP contribution >= 0.6 is 0 Å². The summed E-state index contributed by atoms with van der Waals surface area (Å²) in [6, 6.07) is 0. The average molecular weight is 428 g/mol. The molecule has 0 saturated heterocycles. The maximum atomic E-state index is 12.2. The molecule has 2 heterocycles. The number of aliphatic imine (C=N–C) groups is 1. The Morgan fingerprint density at radius 3 is 2.50 bits per heavy atom. The van der Waals surface area contributed by atoms with Gasteiger partial charge in [-0.05, 0) is 12.0 Å².